The van der Waals surface area contributed by atoms with Crippen LogP contribution in [0.5, 0.6) is 0 Å². The summed E-state index contributed by atoms with van der Waals surface area (Å²) in [5.74, 6) is 1.59. The molecule has 0 atom stereocenters. The smallest absolute Gasteiger partial charge is 0.233 e. The van der Waals surface area contributed by atoms with E-state index in [-0.39, 0.29) is 11.8 Å². The second-order valence-corrected chi connectivity index (χ2v) is 6.83. The van der Waals surface area contributed by atoms with E-state index in [1.165, 1.54) is 6.33 Å². The zero-order valence-corrected chi connectivity index (χ0v) is 15.5. The third-order valence-corrected chi connectivity index (χ3v) is 4.18. The minimum absolute atomic E-state index is 0.0533. The summed E-state index contributed by atoms with van der Waals surface area (Å²) < 4.78 is 0. The van der Waals surface area contributed by atoms with Gasteiger partial charge in [-0.25, -0.2) is 15.0 Å². The van der Waals surface area contributed by atoms with Gasteiger partial charge in [-0.15, -0.1) is 0 Å². The molecule has 10 heteroatoms. The Morgan fingerprint density at radius 2 is 2.00 bits per heavy atom. The van der Waals surface area contributed by atoms with Gasteiger partial charge in [-0.2, -0.15) is 4.98 Å². The first-order chi connectivity index (χ1) is 12.9. The van der Waals surface area contributed by atoms with E-state index < -0.39 is 5.41 Å². The molecular formula is C17H22N8O2. The summed E-state index contributed by atoms with van der Waals surface area (Å²) in [5.41, 5.74) is 0.532. The molecule has 3 heterocycles. The van der Waals surface area contributed by atoms with E-state index in [4.69, 9.17) is 0 Å². The number of fused-ring (bicyclic) bond motifs is 1. The predicted molar refractivity (Wildman–Crippen MR) is 101 cm³/mol. The number of hydrogen-bond acceptors (Lipinski definition) is 8. The highest BCUT2D eigenvalue weighted by atomic mass is 16.2. The fraction of sp³-hybridized carbons (Fsp3) is 0.412. The fourth-order valence-corrected chi connectivity index (χ4v) is 2.61. The normalized spacial score (nSPS) is 14.7. The molecule has 4 N–H and O–H groups in total. The van der Waals surface area contributed by atoms with Gasteiger partial charge in [0.1, 0.15) is 18.0 Å². The van der Waals surface area contributed by atoms with Crippen molar-refractivity contribution in [2.75, 3.05) is 29.5 Å². The van der Waals surface area contributed by atoms with Crippen molar-refractivity contribution in [2.24, 2.45) is 5.41 Å². The van der Waals surface area contributed by atoms with Crippen molar-refractivity contribution >= 4 is 35.3 Å². The van der Waals surface area contributed by atoms with E-state index in [9.17, 15) is 9.59 Å². The van der Waals surface area contributed by atoms with Gasteiger partial charge in [-0.05, 0) is 18.1 Å². The Labute approximate surface area is 156 Å². The summed E-state index contributed by atoms with van der Waals surface area (Å²) in [7, 11) is 1.59. The molecule has 0 spiro atoms. The van der Waals surface area contributed by atoms with Crippen molar-refractivity contribution < 1.29 is 9.59 Å². The molecule has 0 bridgehead atoms. The molecule has 0 radical (unpaired) electrons. The topological polar surface area (TPSA) is 134 Å². The van der Waals surface area contributed by atoms with Crippen LogP contribution in [0.3, 0.4) is 0 Å². The van der Waals surface area contributed by atoms with Gasteiger partial charge in [0.15, 0.2) is 0 Å². The lowest BCUT2D eigenvalue weighted by Gasteiger charge is -2.29. The van der Waals surface area contributed by atoms with Gasteiger partial charge in [-0.3, -0.25) is 9.59 Å². The van der Waals surface area contributed by atoms with Crippen LogP contribution in [0.4, 0.5) is 23.5 Å². The van der Waals surface area contributed by atoms with Crippen molar-refractivity contribution in [3.63, 3.8) is 0 Å². The Morgan fingerprint density at radius 3 is 2.78 bits per heavy atom. The van der Waals surface area contributed by atoms with Crippen LogP contribution in [0.2, 0.25) is 0 Å². The number of nitrogens with zero attached hydrogens (tertiary/aromatic N) is 4. The van der Waals surface area contributed by atoms with E-state index in [0.717, 1.165) is 5.56 Å². The second-order valence-electron chi connectivity index (χ2n) is 6.83. The molecule has 0 aliphatic carbocycles. The van der Waals surface area contributed by atoms with E-state index in [0.29, 0.717) is 42.9 Å². The summed E-state index contributed by atoms with van der Waals surface area (Å²) in [4.78, 5) is 40.1. The number of hydrogen-bond donors (Lipinski definition) is 4. The van der Waals surface area contributed by atoms with E-state index in [1.807, 2.05) is 26.0 Å². The van der Waals surface area contributed by atoms with Gasteiger partial charge in [0.05, 0.1) is 0 Å². The van der Waals surface area contributed by atoms with Crippen LogP contribution in [0, 0.1) is 5.41 Å². The molecule has 0 aromatic carbocycles. The predicted octanol–water partition coefficient (Wildman–Crippen LogP) is 1.08. The summed E-state index contributed by atoms with van der Waals surface area (Å²) in [5, 5.41) is 11.3. The highest BCUT2D eigenvalue weighted by Gasteiger charge is 2.34. The van der Waals surface area contributed by atoms with Gasteiger partial charge in [0.25, 0.3) is 0 Å². The highest BCUT2D eigenvalue weighted by molar-refractivity contribution is 5.97. The summed E-state index contributed by atoms with van der Waals surface area (Å²) in [6.07, 6.45) is 2.31. The third-order valence-electron chi connectivity index (χ3n) is 4.18. The van der Waals surface area contributed by atoms with Crippen LogP contribution in [-0.4, -0.2) is 45.3 Å². The summed E-state index contributed by atoms with van der Waals surface area (Å²) in [6, 6.07) is 3.74. The molecule has 2 aromatic rings. The first-order valence-electron chi connectivity index (χ1n) is 8.59. The second kappa shape index (κ2) is 7.52. The molecular weight excluding hydrogens is 348 g/mol. The molecule has 3 rings (SSSR count). The molecule has 0 saturated heterocycles. The van der Waals surface area contributed by atoms with Crippen molar-refractivity contribution in [1.82, 2.24) is 25.3 Å². The standard InChI is InChI=1S/C17H22N8O2/c1-17(2)8-10-4-5-11(22-13(10)24-14(17)27)23-16-21-9-20-15(25-16)19-7-6-12(26)18-3/h4-5,9H,6-8H2,1-3H3,(H,18,26)(H3,19,20,21,22,23,24,25,27). The van der Waals surface area contributed by atoms with Gasteiger partial charge < -0.3 is 21.3 Å². The Morgan fingerprint density at radius 1 is 1.22 bits per heavy atom. The molecule has 0 unspecified atom stereocenters. The Kier molecular flexibility index (Phi) is 5.15. The lowest BCUT2D eigenvalue weighted by atomic mass is 9.82. The van der Waals surface area contributed by atoms with E-state index in [1.54, 1.807) is 7.05 Å². The molecule has 1 aliphatic heterocycles. The van der Waals surface area contributed by atoms with Gasteiger partial charge in [0, 0.05) is 25.4 Å². The third kappa shape index (κ3) is 4.46. The van der Waals surface area contributed by atoms with E-state index in [2.05, 4.69) is 41.2 Å². The molecule has 27 heavy (non-hydrogen) atoms. The molecule has 10 nitrogen and oxygen atoms in total. The van der Waals surface area contributed by atoms with Crippen LogP contribution in [-0.2, 0) is 16.0 Å². The number of aromatic nitrogens is 4. The average Bonchev–Trinajstić information content (AvgIpc) is 2.63. The lowest BCUT2D eigenvalue weighted by Crippen LogP contribution is -2.37. The molecule has 142 valence electrons. The molecule has 2 amide bonds. The zero-order chi connectivity index (χ0) is 19.4. The number of nitrogens with one attached hydrogen (secondary N) is 4. The maximum Gasteiger partial charge on any atom is 0.233 e. The molecule has 1 aliphatic rings. The first-order valence-corrected chi connectivity index (χ1v) is 8.59. The van der Waals surface area contributed by atoms with Crippen molar-refractivity contribution in [3.05, 3.63) is 24.0 Å². The Balaban J connectivity index is 1.67. The van der Waals surface area contributed by atoms with Crippen molar-refractivity contribution in [1.29, 1.82) is 0 Å². The van der Waals surface area contributed by atoms with E-state index >= 15 is 0 Å². The Bertz CT molecular complexity index is 868. The number of carbonyl (C=O) groups excluding carboxylic acids is 2. The lowest BCUT2D eigenvalue weighted by molar-refractivity contribution is -0.124. The number of pyridine rings is 1. The van der Waals surface area contributed by atoms with Crippen LogP contribution >= 0.6 is 0 Å². The zero-order valence-electron chi connectivity index (χ0n) is 15.5. The Hall–Kier alpha value is -3.30. The molecule has 2 aromatic heterocycles. The van der Waals surface area contributed by atoms with Crippen molar-refractivity contribution in [2.45, 2.75) is 26.7 Å². The van der Waals surface area contributed by atoms with Gasteiger partial charge in [-0.1, -0.05) is 19.9 Å². The number of anilines is 4. The molecule has 0 saturated carbocycles. The SMILES string of the molecule is CNC(=O)CCNc1ncnc(Nc2ccc3c(n2)NC(=O)C(C)(C)C3)n1. The number of rotatable bonds is 6. The largest absolute Gasteiger partial charge is 0.359 e. The minimum atomic E-state index is -0.451. The maximum absolute atomic E-state index is 12.1. The maximum atomic E-state index is 12.1. The quantitative estimate of drug-likeness (QED) is 0.593. The summed E-state index contributed by atoms with van der Waals surface area (Å²) in [6.45, 7) is 4.21. The number of carbonyl (C=O) groups is 2. The van der Waals surface area contributed by atoms with Crippen LogP contribution in [0.15, 0.2) is 18.5 Å². The summed E-state index contributed by atoms with van der Waals surface area (Å²) >= 11 is 0. The van der Waals surface area contributed by atoms with Gasteiger partial charge in [0.2, 0.25) is 23.7 Å². The minimum Gasteiger partial charge on any atom is -0.359 e. The van der Waals surface area contributed by atoms with Gasteiger partial charge >= 0.3 is 0 Å². The first kappa shape index (κ1) is 18.5. The van der Waals surface area contributed by atoms with Crippen LogP contribution in [0.1, 0.15) is 25.8 Å². The van der Waals surface area contributed by atoms with Crippen molar-refractivity contribution in [3.8, 4) is 0 Å². The highest BCUT2D eigenvalue weighted by Crippen LogP contribution is 2.32. The van der Waals surface area contributed by atoms with Crippen LogP contribution in [0.25, 0.3) is 0 Å². The average molecular weight is 370 g/mol. The fourth-order valence-electron chi connectivity index (χ4n) is 2.61. The number of amides is 2. The monoisotopic (exact) mass is 370 g/mol. The van der Waals surface area contributed by atoms with Crippen LogP contribution < -0.4 is 21.3 Å². The molecule has 0 fully saturated rings.